The van der Waals surface area contributed by atoms with E-state index in [1.807, 2.05) is 18.2 Å². The van der Waals surface area contributed by atoms with Crippen LogP contribution in [0.15, 0.2) is 71.7 Å². The Hall–Kier alpha value is -4.29. The highest BCUT2D eigenvalue weighted by atomic mass is 19.1. The van der Waals surface area contributed by atoms with Gasteiger partial charge in [0, 0.05) is 36.8 Å². The van der Waals surface area contributed by atoms with Crippen LogP contribution in [0.5, 0.6) is 0 Å². The molecule has 3 aliphatic rings. The van der Waals surface area contributed by atoms with E-state index in [1.54, 1.807) is 36.7 Å². The summed E-state index contributed by atoms with van der Waals surface area (Å²) in [6, 6.07) is 7.90. The van der Waals surface area contributed by atoms with E-state index in [0.29, 0.717) is 17.8 Å². The number of halogens is 1. The number of nitrogens with zero attached hydrogens (tertiary/aromatic N) is 4. The minimum atomic E-state index is -0.488. The summed E-state index contributed by atoms with van der Waals surface area (Å²) in [5.74, 6) is -1.12. The molecule has 3 atom stereocenters. The number of carbonyl (C=O) groups is 1. The standard InChI is InChI=1S/C27H26FN7O/c28-20-5-1-3-18(13-29)25(20)17-7-6-16-11-21(31)26(33-22(16)12-17)27(36)34-23-14-32-9-8-24(23)35-10-2-4-19(30)15-35/h1,3,5-9,11-12,14,16,19,22H,2,4,10,15,30-31H2,(H,34,36)/t16?,19-,22?/m0/s1. The van der Waals surface area contributed by atoms with E-state index in [9.17, 15) is 14.4 Å². The number of rotatable bonds is 4. The van der Waals surface area contributed by atoms with E-state index in [1.165, 1.54) is 12.1 Å². The van der Waals surface area contributed by atoms with Gasteiger partial charge in [-0.2, -0.15) is 5.26 Å². The maximum atomic E-state index is 14.6. The van der Waals surface area contributed by atoms with Gasteiger partial charge in [0.1, 0.15) is 11.5 Å². The average Bonchev–Trinajstić information content (AvgIpc) is 2.88. The van der Waals surface area contributed by atoms with Crippen LogP contribution in [-0.2, 0) is 4.79 Å². The van der Waals surface area contributed by atoms with Crippen LogP contribution in [0.2, 0.25) is 0 Å². The van der Waals surface area contributed by atoms with E-state index in [2.05, 4.69) is 20.2 Å². The highest BCUT2D eigenvalue weighted by Crippen LogP contribution is 2.33. The highest BCUT2D eigenvalue weighted by Gasteiger charge is 2.30. The number of nitrogens with two attached hydrogens (primary N) is 2. The molecule has 9 heteroatoms. The molecule has 0 radical (unpaired) electrons. The number of amides is 1. The first-order valence-corrected chi connectivity index (χ1v) is 11.8. The molecule has 1 aromatic heterocycles. The molecule has 1 aromatic carbocycles. The number of hydrogen-bond acceptors (Lipinski definition) is 7. The summed E-state index contributed by atoms with van der Waals surface area (Å²) in [6.45, 7) is 1.54. The molecule has 0 saturated carbocycles. The fourth-order valence-electron chi connectivity index (χ4n) is 4.90. The first-order chi connectivity index (χ1) is 17.4. The van der Waals surface area contributed by atoms with Crippen molar-refractivity contribution in [2.24, 2.45) is 22.4 Å². The lowest BCUT2D eigenvalue weighted by molar-refractivity contribution is -0.110. The van der Waals surface area contributed by atoms with E-state index in [4.69, 9.17) is 11.5 Å². The van der Waals surface area contributed by atoms with Crippen LogP contribution in [-0.4, -0.2) is 41.8 Å². The van der Waals surface area contributed by atoms with Crippen LogP contribution in [0.25, 0.3) is 5.57 Å². The minimum absolute atomic E-state index is 0.0741. The Morgan fingerprint density at radius 1 is 1.28 bits per heavy atom. The van der Waals surface area contributed by atoms with E-state index in [-0.39, 0.29) is 34.5 Å². The molecule has 1 fully saturated rings. The third-order valence-corrected chi connectivity index (χ3v) is 6.65. The number of benzene rings is 1. The summed E-state index contributed by atoms with van der Waals surface area (Å²) in [6.07, 6.45) is 12.4. The molecule has 1 saturated heterocycles. The molecule has 0 spiro atoms. The minimum Gasteiger partial charge on any atom is -0.397 e. The Bertz CT molecular complexity index is 1370. The zero-order valence-corrected chi connectivity index (χ0v) is 19.6. The van der Waals surface area contributed by atoms with Crippen molar-refractivity contribution in [3.63, 3.8) is 0 Å². The second-order valence-electron chi connectivity index (χ2n) is 9.12. The van der Waals surface area contributed by atoms with Crippen LogP contribution in [0, 0.1) is 23.1 Å². The van der Waals surface area contributed by atoms with Crippen molar-refractivity contribution >= 4 is 28.6 Å². The number of fused-ring (bicyclic) bond motifs is 1. The van der Waals surface area contributed by atoms with E-state index in [0.717, 1.165) is 25.1 Å². The number of piperidine rings is 1. The molecule has 2 aromatic rings. The van der Waals surface area contributed by atoms with Gasteiger partial charge in [0.15, 0.2) is 0 Å². The van der Waals surface area contributed by atoms with Gasteiger partial charge in [-0.15, -0.1) is 0 Å². The zero-order chi connectivity index (χ0) is 25.2. The number of carbonyl (C=O) groups excluding carboxylic acids is 1. The number of dihydropyridines is 1. The summed E-state index contributed by atoms with van der Waals surface area (Å²) in [5, 5.41) is 12.3. The first kappa shape index (κ1) is 23.5. The largest absolute Gasteiger partial charge is 0.397 e. The van der Waals surface area contributed by atoms with Crippen LogP contribution >= 0.6 is 0 Å². The van der Waals surface area contributed by atoms with Crippen LogP contribution in [0.3, 0.4) is 0 Å². The maximum Gasteiger partial charge on any atom is 0.276 e. The number of nitrogens with one attached hydrogen (secondary N) is 1. The Morgan fingerprint density at radius 2 is 2.14 bits per heavy atom. The van der Waals surface area contributed by atoms with Gasteiger partial charge in [-0.05, 0) is 42.7 Å². The van der Waals surface area contributed by atoms with E-state index < -0.39 is 17.8 Å². The normalized spacial score (nSPS) is 23.1. The molecule has 2 aliphatic heterocycles. The molecule has 36 heavy (non-hydrogen) atoms. The molecule has 8 nitrogen and oxygen atoms in total. The smallest absolute Gasteiger partial charge is 0.276 e. The molecule has 1 aliphatic carbocycles. The predicted molar refractivity (Wildman–Crippen MR) is 138 cm³/mol. The molecule has 3 heterocycles. The summed E-state index contributed by atoms with van der Waals surface area (Å²) in [4.78, 5) is 24.2. The Labute approximate surface area is 208 Å². The monoisotopic (exact) mass is 483 g/mol. The topological polar surface area (TPSA) is 133 Å². The lowest BCUT2D eigenvalue weighted by Crippen LogP contribution is -2.43. The number of aromatic nitrogens is 1. The molecular weight excluding hydrogens is 457 g/mol. The first-order valence-electron chi connectivity index (χ1n) is 11.8. The Kier molecular flexibility index (Phi) is 6.36. The molecule has 1 amide bonds. The van der Waals surface area contributed by atoms with Gasteiger partial charge in [-0.25, -0.2) is 4.39 Å². The fourth-order valence-corrected chi connectivity index (χ4v) is 4.90. The second kappa shape index (κ2) is 9.76. The van der Waals surface area contributed by atoms with Gasteiger partial charge in [0.05, 0.1) is 40.9 Å². The third kappa shape index (κ3) is 4.51. The quantitative estimate of drug-likeness (QED) is 0.612. The molecule has 5 rings (SSSR count). The molecule has 0 bridgehead atoms. The van der Waals surface area contributed by atoms with Crippen molar-refractivity contribution in [3.8, 4) is 6.07 Å². The number of hydrogen-bond donors (Lipinski definition) is 3. The predicted octanol–water partition coefficient (Wildman–Crippen LogP) is 2.89. The molecule has 5 N–H and O–H groups in total. The molecule has 182 valence electrons. The van der Waals surface area contributed by atoms with Crippen molar-refractivity contribution in [3.05, 3.63) is 83.6 Å². The fraction of sp³-hybridized carbons (Fsp3) is 0.259. The molecule has 2 unspecified atom stereocenters. The van der Waals surface area contributed by atoms with Gasteiger partial charge >= 0.3 is 0 Å². The van der Waals surface area contributed by atoms with Gasteiger partial charge in [0.2, 0.25) is 0 Å². The third-order valence-electron chi connectivity index (χ3n) is 6.65. The second-order valence-corrected chi connectivity index (χ2v) is 9.12. The van der Waals surface area contributed by atoms with Gasteiger partial charge in [0.25, 0.3) is 5.91 Å². The van der Waals surface area contributed by atoms with Crippen LogP contribution in [0.4, 0.5) is 15.8 Å². The summed E-state index contributed by atoms with van der Waals surface area (Å²) in [5.41, 5.74) is 15.1. The Morgan fingerprint density at radius 3 is 2.94 bits per heavy atom. The van der Waals surface area contributed by atoms with Gasteiger partial charge in [-0.1, -0.05) is 24.3 Å². The Balaban J connectivity index is 1.42. The lowest BCUT2D eigenvalue weighted by Gasteiger charge is -2.33. The van der Waals surface area contributed by atoms with Crippen molar-refractivity contribution in [2.45, 2.75) is 24.9 Å². The van der Waals surface area contributed by atoms with Crippen LogP contribution < -0.4 is 21.7 Å². The number of aliphatic imine (C=N–C) groups is 1. The van der Waals surface area contributed by atoms with Crippen molar-refractivity contribution in [1.29, 1.82) is 5.26 Å². The van der Waals surface area contributed by atoms with Crippen molar-refractivity contribution < 1.29 is 9.18 Å². The van der Waals surface area contributed by atoms with Gasteiger partial charge < -0.3 is 21.7 Å². The van der Waals surface area contributed by atoms with Crippen molar-refractivity contribution in [2.75, 3.05) is 23.3 Å². The average molecular weight is 484 g/mol. The lowest BCUT2D eigenvalue weighted by atomic mass is 9.85. The number of anilines is 2. The van der Waals surface area contributed by atoms with Crippen LogP contribution in [0.1, 0.15) is 24.0 Å². The number of pyridine rings is 1. The zero-order valence-electron chi connectivity index (χ0n) is 19.6. The van der Waals surface area contributed by atoms with E-state index >= 15 is 0 Å². The molecular formula is C27H26FN7O. The SMILES string of the molecule is N#Cc1cccc(F)c1C1=CC2N=C(C(=O)Nc3cnccc3N3CCC[C@H](N)C3)C(N)=CC2C=C1. The summed E-state index contributed by atoms with van der Waals surface area (Å²) in [7, 11) is 0. The summed E-state index contributed by atoms with van der Waals surface area (Å²) < 4.78 is 14.6. The van der Waals surface area contributed by atoms with Gasteiger partial charge in [-0.3, -0.25) is 14.8 Å². The number of nitriles is 1. The maximum absolute atomic E-state index is 14.6. The highest BCUT2D eigenvalue weighted by molar-refractivity contribution is 6.49. The summed E-state index contributed by atoms with van der Waals surface area (Å²) >= 11 is 0. The van der Waals surface area contributed by atoms with Crippen molar-refractivity contribution in [1.82, 2.24) is 4.98 Å². The number of allylic oxidation sites excluding steroid dienone is 2.